The maximum Gasteiger partial charge on any atom is 0.356 e. The van der Waals surface area contributed by atoms with Gasteiger partial charge in [0.05, 0.1) is 18.6 Å². The van der Waals surface area contributed by atoms with Gasteiger partial charge in [0.15, 0.2) is 5.69 Å². The Morgan fingerprint density at radius 2 is 2.20 bits per heavy atom. The standard InChI is InChI=1S/C12H17N3O5/c1-8(2)14(6-7-16)11-10(15(18)19)5-4-9(13-11)12(17)20-3/h4-5,8,16H,6-7H2,1-3H3. The third-order valence-electron chi connectivity index (χ3n) is 2.68. The van der Waals surface area contributed by atoms with Crippen molar-refractivity contribution in [2.24, 2.45) is 0 Å². The SMILES string of the molecule is COC(=O)c1ccc([N+](=O)[O-])c(N(CCO)C(C)C)n1. The first-order valence-electron chi connectivity index (χ1n) is 6.03. The molecule has 0 saturated carbocycles. The first-order chi connectivity index (χ1) is 9.42. The molecule has 8 nitrogen and oxygen atoms in total. The number of esters is 1. The van der Waals surface area contributed by atoms with E-state index in [2.05, 4.69) is 9.72 Å². The lowest BCUT2D eigenvalue weighted by Gasteiger charge is -2.26. The van der Waals surface area contributed by atoms with E-state index in [9.17, 15) is 14.9 Å². The Labute approximate surface area is 116 Å². The van der Waals surface area contributed by atoms with Gasteiger partial charge in [-0.2, -0.15) is 0 Å². The van der Waals surface area contributed by atoms with Crippen LogP contribution in [0.25, 0.3) is 0 Å². The maximum absolute atomic E-state index is 11.5. The second kappa shape index (κ2) is 6.80. The number of methoxy groups -OCH3 is 1. The Kier molecular flexibility index (Phi) is 5.39. The zero-order valence-corrected chi connectivity index (χ0v) is 11.6. The Morgan fingerprint density at radius 3 is 2.65 bits per heavy atom. The summed E-state index contributed by atoms with van der Waals surface area (Å²) < 4.78 is 4.55. The average molecular weight is 283 g/mol. The summed E-state index contributed by atoms with van der Waals surface area (Å²) in [7, 11) is 1.21. The quantitative estimate of drug-likeness (QED) is 0.471. The van der Waals surface area contributed by atoms with Crippen LogP contribution in [0.3, 0.4) is 0 Å². The van der Waals surface area contributed by atoms with Crippen molar-refractivity contribution < 1.29 is 19.6 Å². The van der Waals surface area contributed by atoms with Crippen molar-refractivity contribution in [2.75, 3.05) is 25.2 Å². The zero-order chi connectivity index (χ0) is 15.3. The van der Waals surface area contributed by atoms with E-state index in [0.29, 0.717) is 0 Å². The summed E-state index contributed by atoms with van der Waals surface area (Å²) in [6.07, 6.45) is 0. The van der Waals surface area contributed by atoms with Crippen LogP contribution < -0.4 is 4.90 Å². The number of carbonyl (C=O) groups is 1. The number of pyridine rings is 1. The van der Waals surface area contributed by atoms with Gasteiger partial charge in [-0.05, 0) is 19.9 Å². The van der Waals surface area contributed by atoms with Gasteiger partial charge in [0.1, 0.15) is 0 Å². The van der Waals surface area contributed by atoms with E-state index in [1.54, 1.807) is 4.90 Å². The van der Waals surface area contributed by atoms with E-state index in [-0.39, 0.29) is 36.4 Å². The van der Waals surface area contributed by atoms with E-state index in [4.69, 9.17) is 5.11 Å². The second-order valence-electron chi connectivity index (χ2n) is 4.30. The Bertz CT molecular complexity index is 504. The van der Waals surface area contributed by atoms with Crippen molar-refractivity contribution in [3.63, 3.8) is 0 Å². The van der Waals surface area contributed by atoms with Crippen LogP contribution in [0.5, 0.6) is 0 Å². The lowest BCUT2D eigenvalue weighted by atomic mass is 10.2. The highest BCUT2D eigenvalue weighted by molar-refractivity contribution is 5.88. The summed E-state index contributed by atoms with van der Waals surface area (Å²) in [6, 6.07) is 2.33. The Balaban J connectivity index is 3.36. The molecule has 0 spiro atoms. The lowest BCUT2D eigenvalue weighted by Crippen LogP contribution is -2.35. The van der Waals surface area contributed by atoms with Crippen LogP contribution in [0, 0.1) is 10.1 Å². The predicted molar refractivity (Wildman–Crippen MR) is 71.8 cm³/mol. The number of aliphatic hydroxyl groups excluding tert-OH is 1. The first kappa shape index (κ1) is 15.8. The van der Waals surface area contributed by atoms with Gasteiger partial charge in [0.2, 0.25) is 5.82 Å². The van der Waals surface area contributed by atoms with Gasteiger partial charge in [-0.25, -0.2) is 9.78 Å². The molecule has 0 aliphatic heterocycles. The van der Waals surface area contributed by atoms with Crippen LogP contribution in [0.1, 0.15) is 24.3 Å². The maximum atomic E-state index is 11.5. The molecular formula is C12H17N3O5. The molecule has 0 atom stereocenters. The molecule has 1 aromatic rings. The highest BCUT2D eigenvalue weighted by atomic mass is 16.6. The molecule has 1 rings (SSSR count). The summed E-state index contributed by atoms with van der Waals surface area (Å²) in [5.41, 5.74) is -0.239. The number of nitro groups is 1. The van der Waals surface area contributed by atoms with Gasteiger partial charge in [-0.3, -0.25) is 10.1 Å². The predicted octanol–water partition coefficient (Wildman–Crippen LogP) is 0.983. The molecule has 1 aromatic heterocycles. The van der Waals surface area contributed by atoms with Gasteiger partial charge < -0.3 is 14.7 Å². The molecular weight excluding hydrogens is 266 g/mol. The largest absolute Gasteiger partial charge is 0.464 e. The molecule has 20 heavy (non-hydrogen) atoms. The Hall–Kier alpha value is -2.22. The molecule has 110 valence electrons. The fourth-order valence-corrected chi connectivity index (χ4v) is 1.73. The first-order valence-corrected chi connectivity index (χ1v) is 6.03. The monoisotopic (exact) mass is 283 g/mol. The molecule has 0 aliphatic carbocycles. The molecule has 1 N–H and O–H groups in total. The van der Waals surface area contributed by atoms with E-state index in [1.165, 1.54) is 19.2 Å². The topological polar surface area (TPSA) is 106 Å². The highest BCUT2D eigenvalue weighted by Gasteiger charge is 2.25. The van der Waals surface area contributed by atoms with Crippen LogP contribution in [-0.2, 0) is 4.74 Å². The number of carbonyl (C=O) groups excluding carboxylic acids is 1. The number of rotatable bonds is 6. The molecule has 0 unspecified atom stereocenters. The van der Waals surface area contributed by atoms with E-state index in [1.807, 2.05) is 13.8 Å². The van der Waals surface area contributed by atoms with Crippen LogP contribution in [-0.4, -0.2) is 47.3 Å². The number of hydrogen-bond acceptors (Lipinski definition) is 7. The molecule has 0 aliphatic rings. The van der Waals surface area contributed by atoms with Crippen molar-refractivity contribution in [2.45, 2.75) is 19.9 Å². The highest BCUT2D eigenvalue weighted by Crippen LogP contribution is 2.27. The summed E-state index contributed by atoms with van der Waals surface area (Å²) in [5.74, 6) is -0.629. The number of ether oxygens (including phenoxy) is 1. The zero-order valence-electron chi connectivity index (χ0n) is 11.6. The van der Waals surface area contributed by atoms with E-state index < -0.39 is 10.9 Å². The molecule has 0 amide bonds. The molecule has 0 fully saturated rings. The minimum Gasteiger partial charge on any atom is -0.464 e. The van der Waals surface area contributed by atoms with Gasteiger partial charge in [0, 0.05) is 18.7 Å². The Morgan fingerprint density at radius 1 is 1.55 bits per heavy atom. The van der Waals surface area contributed by atoms with Crippen LogP contribution in [0.4, 0.5) is 11.5 Å². The van der Waals surface area contributed by atoms with Crippen molar-refractivity contribution in [1.29, 1.82) is 0 Å². The third kappa shape index (κ3) is 3.41. The van der Waals surface area contributed by atoms with Gasteiger partial charge in [0.25, 0.3) is 0 Å². The fraction of sp³-hybridized carbons (Fsp3) is 0.500. The lowest BCUT2D eigenvalue weighted by molar-refractivity contribution is -0.384. The van der Waals surface area contributed by atoms with Crippen molar-refractivity contribution >= 4 is 17.5 Å². The third-order valence-corrected chi connectivity index (χ3v) is 2.68. The number of anilines is 1. The molecule has 0 radical (unpaired) electrons. The van der Waals surface area contributed by atoms with Crippen molar-refractivity contribution in [3.05, 3.63) is 27.9 Å². The summed E-state index contributed by atoms with van der Waals surface area (Å²) >= 11 is 0. The number of aliphatic hydroxyl groups is 1. The summed E-state index contributed by atoms with van der Waals surface area (Å²) in [6.45, 7) is 3.62. The van der Waals surface area contributed by atoms with E-state index in [0.717, 1.165) is 0 Å². The smallest absolute Gasteiger partial charge is 0.356 e. The van der Waals surface area contributed by atoms with E-state index >= 15 is 0 Å². The molecule has 0 saturated heterocycles. The minimum atomic E-state index is -0.672. The molecule has 1 heterocycles. The van der Waals surface area contributed by atoms with Crippen molar-refractivity contribution in [3.8, 4) is 0 Å². The second-order valence-corrected chi connectivity index (χ2v) is 4.30. The van der Waals surface area contributed by atoms with Gasteiger partial charge in [-0.15, -0.1) is 0 Å². The van der Waals surface area contributed by atoms with Crippen LogP contribution in [0.15, 0.2) is 12.1 Å². The number of nitrogens with zero attached hydrogens (tertiary/aromatic N) is 3. The molecule has 8 heteroatoms. The average Bonchev–Trinajstić information content (AvgIpc) is 2.42. The van der Waals surface area contributed by atoms with Crippen LogP contribution >= 0.6 is 0 Å². The molecule has 0 bridgehead atoms. The number of hydrogen-bond donors (Lipinski definition) is 1. The number of aromatic nitrogens is 1. The summed E-state index contributed by atoms with van der Waals surface area (Å²) in [4.78, 5) is 27.5. The van der Waals surface area contributed by atoms with Crippen molar-refractivity contribution in [1.82, 2.24) is 4.98 Å². The van der Waals surface area contributed by atoms with Gasteiger partial charge >= 0.3 is 11.7 Å². The minimum absolute atomic E-state index is 0.0170. The summed E-state index contributed by atoms with van der Waals surface area (Å²) in [5, 5.41) is 20.1. The van der Waals surface area contributed by atoms with Crippen LogP contribution in [0.2, 0.25) is 0 Å². The van der Waals surface area contributed by atoms with Gasteiger partial charge in [-0.1, -0.05) is 0 Å². The normalized spacial score (nSPS) is 10.4. The fourth-order valence-electron chi connectivity index (χ4n) is 1.73. The molecule has 0 aromatic carbocycles.